The molecular weight excluding hydrogens is 306 g/mol. The largest absolute Gasteiger partial charge is 0.298 e. The van der Waals surface area contributed by atoms with Crippen molar-refractivity contribution in [3.63, 3.8) is 0 Å². The van der Waals surface area contributed by atoms with E-state index >= 15 is 0 Å². The summed E-state index contributed by atoms with van der Waals surface area (Å²) in [5.41, 5.74) is 3.47. The quantitative estimate of drug-likeness (QED) is 0.732. The van der Waals surface area contributed by atoms with Crippen LogP contribution in [-0.4, -0.2) is 14.5 Å². The van der Waals surface area contributed by atoms with Crippen molar-refractivity contribution in [1.82, 2.24) is 14.5 Å². The van der Waals surface area contributed by atoms with Crippen molar-refractivity contribution in [3.8, 4) is 0 Å². The maximum Gasteiger partial charge on any atom is 0.271 e. The maximum absolute atomic E-state index is 12.7. The van der Waals surface area contributed by atoms with Gasteiger partial charge in [-0.1, -0.05) is 13.8 Å². The third-order valence-electron chi connectivity index (χ3n) is 4.66. The number of nitrogens with zero attached hydrogens (tertiary/aromatic N) is 3. The highest BCUT2D eigenvalue weighted by Crippen LogP contribution is 2.32. The molecular formula is C18H21N3OS. The molecule has 0 aromatic carbocycles. The highest BCUT2D eigenvalue weighted by Gasteiger charge is 2.17. The summed E-state index contributed by atoms with van der Waals surface area (Å²) >= 11 is 1.50. The number of aromatic nitrogens is 3. The van der Waals surface area contributed by atoms with Gasteiger partial charge in [0.2, 0.25) is 0 Å². The molecule has 1 aliphatic carbocycles. The Bertz CT molecular complexity index is 939. The fraction of sp³-hybridized carbons (Fsp3) is 0.500. The van der Waals surface area contributed by atoms with Gasteiger partial charge in [0.25, 0.3) is 5.56 Å². The van der Waals surface area contributed by atoms with Crippen molar-refractivity contribution in [1.29, 1.82) is 0 Å². The van der Waals surface area contributed by atoms with E-state index < -0.39 is 0 Å². The average Bonchev–Trinajstić information content (AvgIpc) is 2.90. The van der Waals surface area contributed by atoms with E-state index in [0.717, 1.165) is 46.2 Å². The smallest absolute Gasteiger partial charge is 0.271 e. The van der Waals surface area contributed by atoms with Crippen molar-refractivity contribution in [3.05, 3.63) is 34.0 Å². The van der Waals surface area contributed by atoms with Gasteiger partial charge >= 0.3 is 0 Å². The lowest BCUT2D eigenvalue weighted by molar-refractivity contribution is 0.506. The molecule has 23 heavy (non-hydrogen) atoms. The van der Waals surface area contributed by atoms with Crippen LogP contribution in [0.4, 0.5) is 0 Å². The summed E-state index contributed by atoms with van der Waals surface area (Å²) < 4.78 is 2.50. The van der Waals surface area contributed by atoms with Gasteiger partial charge in [0.05, 0.1) is 11.8 Å². The standard InChI is InChI=1S/C18H21N3OS/c1-11(2)7-8-21-10-19-15-13-9-12-5-3-4-6-14(12)20-17(13)23-16(15)18(21)22/h9-11H,3-8H2,1-2H3. The minimum absolute atomic E-state index is 0.0802. The lowest BCUT2D eigenvalue weighted by Gasteiger charge is -2.13. The second-order valence-corrected chi connectivity index (χ2v) is 7.86. The predicted octanol–water partition coefficient (Wildman–Crippen LogP) is 3.93. The number of rotatable bonds is 3. The normalized spacial score (nSPS) is 14.7. The zero-order valence-corrected chi connectivity index (χ0v) is 14.4. The molecule has 0 aliphatic heterocycles. The number of fused-ring (bicyclic) bond motifs is 4. The van der Waals surface area contributed by atoms with Gasteiger partial charge in [-0.2, -0.15) is 0 Å². The highest BCUT2D eigenvalue weighted by atomic mass is 32.1. The first-order chi connectivity index (χ1) is 11.1. The Morgan fingerprint density at radius 3 is 2.96 bits per heavy atom. The molecule has 0 saturated heterocycles. The first-order valence-corrected chi connectivity index (χ1v) is 9.25. The summed E-state index contributed by atoms with van der Waals surface area (Å²) in [6, 6.07) is 2.22. The lowest BCUT2D eigenvalue weighted by Crippen LogP contribution is -2.20. The minimum Gasteiger partial charge on any atom is -0.298 e. The zero-order chi connectivity index (χ0) is 16.0. The Hall–Kier alpha value is -1.75. The van der Waals surface area contributed by atoms with Gasteiger partial charge in [-0.25, -0.2) is 9.97 Å². The van der Waals surface area contributed by atoms with Crippen LogP contribution in [0, 0.1) is 5.92 Å². The van der Waals surface area contributed by atoms with Gasteiger partial charge in [-0.05, 0) is 49.7 Å². The monoisotopic (exact) mass is 327 g/mol. The third-order valence-corrected chi connectivity index (χ3v) is 5.74. The number of hydrogen-bond donors (Lipinski definition) is 0. The first kappa shape index (κ1) is 14.8. The van der Waals surface area contributed by atoms with E-state index in [2.05, 4.69) is 24.9 Å². The van der Waals surface area contributed by atoms with E-state index in [1.807, 2.05) is 0 Å². The molecule has 4 nitrogen and oxygen atoms in total. The Morgan fingerprint density at radius 2 is 2.13 bits per heavy atom. The van der Waals surface area contributed by atoms with Crippen LogP contribution in [0.2, 0.25) is 0 Å². The molecule has 0 amide bonds. The molecule has 3 heterocycles. The van der Waals surface area contributed by atoms with Gasteiger partial charge in [0, 0.05) is 17.6 Å². The second kappa shape index (κ2) is 5.71. The molecule has 120 valence electrons. The van der Waals surface area contributed by atoms with Crippen molar-refractivity contribution in [2.75, 3.05) is 0 Å². The molecule has 0 saturated carbocycles. The molecule has 1 aliphatic rings. The molecule has 5 heteroatoms. The number of pyridine rings is 1. The van der Waals surface area contributed by atoms with E-state index in [-0.39, 0.29) is 5.56 Å². The van der Waals surface area contributed by atoms with Crippen LogP contribution >= 0.6 is 11.3 Å². The van der Waals surface area contributed by atoms with Gasteiger partial charge in [0.1, 0.15) is 9.53 Å². The van der Waals surface area contributed by atoms with Crippen LogP contribution in [0.1, 0.15) is 44.4 Å². The predicted molar refractivity (Wildman–Crippen MR) is 95.3 cm³/mol. The number of hydrogen-bond acceptors (Lipinski definition) is 4. The summed E-state index contributed by atoms with van der Waals surface area (Å²) in [6.45, 7) is 5.08. The van der Waals surface area contributed by atoms with Crippen molar-refractivity contribution < 1.29 is 0 Å². The SMILES string of the molecule is CC(C)CCn1cnc2c(sc3nc4c(cc32)CCCC4)c1=O. The van der Waals surface area contributed by atoms with Gasteiger partial charge in [0.15, 0.2) is 0 Å². The van der Waals surface area contributed by atoms with Crippen LogP contribution in [0.15, 0.2) is 17.2 Å². The Kier molecular flexibility index (Phi) is 3.68. The Labute approximate surface area is 139 Å². The van der Waals surface area contributed by atoms with E-state index in [4.69, 9.17) is 4.98 Å². The molecule has 0 fully saturated rings. The molecule has 4 rings (SSSR count). The number of thiophene rings is 1. The zero-order valence-electron chi connectivity index (χ0n) is 13.6. The van der Waals surface area contributed by atoms with E-state index in [1.54, 1.807) is 10.9 Å². The summed E-state index contributed by atoms with van der Waals surface area (Å²) in [5.74, 6) is 0.577. The molecule has 0 N–H and O–H groups in total. The molecule has 3 aromatic rings. The number of aryl methyl sites for hydroxylation is 3. The summed E-state index contributed by atoms with van der Waals surface area (Å²) in [5, 5.41) is 1.05. The highest BCUT2D eigenvalue weighted by molar-refractivity contribution is 7.25. The van der Waals surface area contributed by atoms with Crippen LogP contribution in [-0.2, 0) is 19.4 Å². The average molecular weight is 327 g/mol. The summed E-state index contributed by atoms with van der Waals surface area (Å²) in [4.78, 5) is 23.1. The second-order valence-electron chi connectivity index (χ2n) is 6.86. The van der Waals surface area contributed by atoms with E-state index in [9.17, 15) is 4.79 Å². The Morgan fingerprint density at radius 1 is 1.30 bits per heavy atom. The van der Waals surface area contributed by atoms with Crippen molar-refractivity contribution in [2.45, 2.75) is 52.5 Å². The molecule has 0 bridgehead atoms. The van der Waals surface area contributed by atoms with Crippen molar-refractivity contribution >= 4 is 31.8 Å². The van der Waals surface area contributed by atoms with Crippen LogP contribution in [0.3, 0.4) is 0 Å². The van der Waals surface area contributed by atoms with E-state index in [0.29, 0.717) is 5.92 Å². The first-order valence-electron chi connectivity index (χ1n) is 8.44. The van der Waals surface area contributed by atoms with Crippen LogP contribution in [0.25, 0.3) is 20.4 Å². The van der Waals surface area contributed by atoms with Gasteiger partial charge < -0.3 is 0 Å². The fourth-order valence-corrected chi connectivity index (χ4v) is 4.35. The lowest BCUT2D eigenvalue weighted by atomic mass is 9.95. The van der Waals surface area contributed by atoms with Gasteiger partial charge in [-0.15, -0.1) is 11.3 Å². The summed E-state index contributed by atoms with van der Waals surface area (Å²) in [6.07, 6.45) is 7.31. The molecule has 0 unspecified atom stereocenters. The minimum atomic E-state index is 0.0802. The van der Waals surface area contributed by atoms with E-state index in [1.165, 1.54) is 35.4 Å². The summed E-state index contributed by atoms with van der Waals surface area (Å²) in [7, 11) is 0. The molecule has 0 spiro atoms. The maximum atomic E-state index is 12.7. The topological polar surface area (TPSA) is 47.8 Å². The van der Waals surface area contributed by atoms with Crippen LogP contribution < -0.4 is 5.56 Å². The fourth-order valence-electron chi connectivity index (χ4n) is 3.27. The van der Waals surface area contributed by atoms with Crippen LogP contribution in [0.5, 0.6) is 0 Å². The van der Waals surface area contributed by atoms with Gasteiger partial charge in [-0.3, -0.25) is 9.36 Å². The Balaban J connectivity index is 1.87. The molecule has 0 radical (unpaired) electrons. The van der Waals surface area contributed by atoms with Crippen molar-refractivity contribution in [2.24, 2.45) is 5.92 Å². The third kappa shape index (κ3) is 2.57. The molecule has 0 atom stereocenters. The molecule has 3 aromatic heterocycles.